The number of hydrogen-bond acceptors (Lipinski definition) is 2. The summed E-state index contributed by atoms with van der Waals surface area (Å²) >= 11 is 0. The zero-order valence-corrected chi connectivity index (χ0v) is 12.8. The molecule has 3 aliphatic rings. The van der Waals surface area contributed by atoms with Crippen LogP contribution in [0.3, 0.4) is 0 Å². The molecule has 0 bridgehead atoms. The molecule has 1 saturated heterocycles. The molecular formula is C17H30N2O. The molecule has 1 amide bonds. The number of piperidine rings is 1. The number of rotatable bonds is 2. The van der Waals surface area contributed by atoms with Crippen LogP contribution >= 0.6 is 0 Å². The SMILES string of the molecule is N[C@@H]1CCC[C@H]1CC(=O)N1CCC2(CCCCC2)CC1. The monoisotopic (exact) mass is 278 g/mol. The number of nitrogens with zero attached hydrogens (tertiary/aromatic N) is 1. The van der Waals surface area contributed by atoms with Crippen LogP contribution in [-0.4, -0.2) is 29.9 Å². The second-order valence-electron chi connectivity index (χ2n) is 7.50. The number of carbonyl (C=O) groups excluding carboxylic acids is 1. The van der Waals surface area contributed by atoms with Gasteiger partial charge in [-0.2, -0.15) is 0 Å². The quantitative estimate of drug-likeness (QED) is 0.843. The van der Waals surface area contributed by atoms with Crippen LogP contribution in [0.15, 0.2) is 0 Å². The summed E-state index contributed by atoms with van der Waals surface area (Å²) in [5.74, 6) is 0.825. The minimum absolute atomic E-state index is 0.272. The second-order valence-corrected chi connectivity index (χ2v) is 7.50. The van der Waals surface area contributed by atoms with Gasteiger partial charge in [-0.25, -0.2) is 0 Å². The van der Waals surface area contributed by atoms with E-state index in [1.807, 2.05) is 0 Å². The molecule has 0 aromatic rings. The maximum Gasteiger partial charge on any atom is 0.222 e. The lowest BCUT2D eigenvalue weighted by molar-refractivity contribution is -0.135. The van der Waals surface area contributed by atoms with Gasteiger partial charge < -0.3 is 10.6 Å². The summed E-state index contributed by atoms with van der Waals surface area (Å²) in [5, 5.41) is 0. The van der Waals surface area contributed by atoms with Crippen LogP contribution in [0, 0.1) is 11.3 Å². The fraction of sp³-hybridized carbons (Fsp3) is 0.941. The molecule has 2 N–H and O–H groups in total. The molecule has 20 heavy (non-hydrogen) atoms. The molecule has 0 unspecified atom stereocenters. The van der Waals surface area contributed by atoms with Crippen molar-refractivity contribution in [1.29, 1.82) is 0 Å². The minimum Gasteiger partial charge on any atom is -0.343 e. The average Bonchev–Trinajstić information content (AvgIpc) is 2.86. The lowest BCUT2D eigenvalue weighted by atomic mass is 9.68. The predicted octanol–water partition coefficient (Wildman–Crippen LogP) is 3.08. The lowest BCUT2D eigenvalue weighted by Gasteiger charge is -2.44. The summed E-state index contributed by atoms with van der Waals surface area (Å²) in [6.07, 6.45) is 13.7. The summed E-state index contributed by atoms with van der Waals surface area (Å²) in [7, 11) is 0. The highest BCUT2D eigenvalue weighted by molar-refractivity contribution is 5.76. The first-order valence-electron chi connectivity index (χ1n) is 8.72. The Hall–Kier alpha value is -0.570. The van der Waals surface area contributed by atoms with Gasteiger partial charge >= 0.3 is 0 Å². The average molecular weight is 278 g/mol. The third kappa shape index (κ3) is 3.03. The number of carbonyl (C=O) groups is 1. The van der Waals surface area contributed by atoms with Crippen LogP contribution in [-0.2, 0) is 4.79 Å². The van der Waals surface area contributed by atoms with Crippen LogP contribution in [0.4, 0.5) is 0 Å². The maximum absolute atomic E-state index is 12.4. The fourth-order valence-electron chi connectivity index (χ4n) is 4.70. The fourth-order valence-corrected chi connectivity index (χ4v) is 4.70. The molecule has 0 radical (unpaired) electrons. The van der Waals surface area contributed by atoms with Crippen molar-refractivity contribution in [2.24, 2.45) is 17.1 Å². The number of amides is 1. The van der Waals surface area contributed by atoms with Crippen molar-refractivity contribution >= 4 is 5.91 Å². The van der Waals surface area contributed by atoms with Gasteiger partial charge in [0.25, 0.3) is 0 Å². The molecule has 2 aliphatic carbocycles. The van der Waals surface area contributed by atoms with Gasteiger partial charge in [-0.1, -0.05) is 25.7 Å². The van der Waals surface area contributed by atoms with Crippen molar-refractivity contribution in [1.82, 2.24) is 4.90 Å². The Labute approximate surface area is 123 Å². The minimum atomic E-state index is 0.272. The van der Waals surface area contributed by atoms with Crippen LogP contribution in [0.1, 0.15) is 70.6 Å². The van der Waals surface area contributed by atoms with E-state index in [-0.39, 0.29) is 6.04 Å². The standard InChI is InChI=1S/C17H30N2O/c18-15-6-4-5-14(15)13-16(20)19-11-9-17(10-12-19)7-2-1-3-8-17/h14-15H,1-13,18H2/t14-,15+/m0/s1. The Kier molecular flexibility index (Phi) is 4.34. The summed E-state index contributed by atoms with van der Waals surface area (Å²) in [4.78, 5) is 14.6. The van der Waals surface area contributed by atoms with E-state index >= 15 is 0 Å². The molecule has 3 rings (SSSR count). The second kappa shape index (κ2) is 6.05. The van der Waals surface area contributed by atoms with Gasteiger partial charge in [0, 0.05) is 25.6 Å². The van der Waals surface area contributed by atoms with Gasteiger partial charge in [0.2, 0.25) is 5.91 Å². The van der Waals surface area contributed by atoms with Crippen molar-refractivity contribution < 1.29 is 4.79 Å². The Morgan fingerprint density at radius 2 is 1.70 bits per heavy atom. The summed E-state index contributed by atoms with van der Waals surface area (Å²) < 4.78 is 0. The zero-order valence-electron chi connectivity index (χ0n) is 12.8. The highest BCUT2D eigenvalue weighted by atomic mass is 16.2. The van der Waals surface area contributed by atoms with E-state index in [4.69, 9.17) is 5.73 Å². The van der Waals surface area contributed by atoms with E-state index in [9.17, 15) is 4.79 Å². The molecule has 2 saturated carbocycles. The predicted molar refractivity (Wildman–Crippen MR) is 81.3 cm³/mol. The van der Waals surface area contributed by atoms with E-state index in [2.05, 4.69) is 4.90 Å². The van der Waals surface area contributed by atoms with E-state index in [0.717, 1.165) is 25.9 Å². The first-order valence-corrected chi connectivity index (χ1v) is 8.72. The van der Waals surface area contributed by atoms with Gasteiger partial charge in [-0.05, 0) is 49.9 Å². The smallest absolute Gasteiger partial charge is 0.222 e. The van der Waals surface area contributed by atoms with Crippen LogP contribution in [0.2, 0.25) is 0 Å². The highest BCUT2D eigenvalue weighted by Gasteiger charge is 2.37. The molecule has 3 fully saturated rings. The van der Waals surface area contributed by atoms with Crippen molar-refractivity contribution in [3.63, 3.8) is 0 Å². The van der Waals surface area contributed by atoms with Crippen LogP contribution in [0.5, 0.6) is 0 Å². The molecular weight excluding hydrogens is 248 g/mol. The topological polar surface area (TPSA) is 46.3 Å². The Bertz CT molecular complexity index is 339. The normalized spacial score (nSPS) is 33.5. The largest absolute Gasteiger partial charge is 0.343 e. The molecule has 3 heteroatoms. The molecule has 114 valence electrons. The summed E-state index contributed by atoms with van der Waals surface area (Å²) in [5.41, 5.74) is 6.69. The summed E-state index contributed by atoms with van der Waals surface area (Å²) in [6, 6.07) is 0.272. The molecule has 0 aromatic carbocycles. The van der Waals surface area contributed by atoms with Crippen LogP contribution < -0.4 is 5.73 Å². The zero-order chi connectivity index (χ0) is 14.0. The van der Waals surface area contributed by atoms with Gasteiger partial charge in [0.15, 0.2) is 0 Å². The Balaban J connectivity index is 1.48. The molecule has 1 spiro atoms. The number of hydrogen-bond donors (Lipinski definition) is 1. The Morgan fingerprint density at radius 3 is 2.30 bits per heavy atom. The van der Waals surface area contributed by atoms with E-state index < -0.39 is 0 Å². The summed E-state index contributed by atoms with van der Waals surface area (Å²) in [6.45, 7) is 2.00. The molecule has 3 nitrogen and oxygen atoms in total. The van der Waals surface area contributed by atoms with Gasteiger partial charge in [0.1, 0.15) is 0 Å². The third-order valence-electron chi connectivity index (χ3n) is 6.25. The third-order valence-corrected chi connectivity index (χ3v) is 6.25. The van der Waals surface area contributed by atoms with Crippen molar-refractivity contribution in [2.75, 3.05) is 13.1 Å². The van der Waals surface area contributed by atoms with Crippen molar-refractivity contribution in [3.8, 4) is 0 Å². The first-order chi connectivity index (χ1) is 9.69. The molecule has 2 atom stereocenters. The Morgan fingerprint density at radius 1 is 1.00 bits per heavy atom. The number of likely N-dealkylation sites (tertiary alicyclic amines) is 1. The number of nitrogens with two attached hydrogens (primary N) is 1. The maximum atomic E-state index is 12.4. The van der Waals surface area contributed by atoms with E-state index in [0.29, 0.717) is 23.7 Å². The lowest BCUT2D eigenvalue weighted by Crippen LogP contribution is -2.44. The molecule has 1 heterocycles. The van der Waals surface area contributed by atoms with Gasteiger partial charge in [0.05, 0.1) is 0 Å². The first kappa shape index (κ1) is 14.4. The van der Waals surface area contributed by atoms with E-state index in [1.165, 1.54) is 51.4 Å². The van der Waals surface area contributed by atoms with Crippen molar-refractivity contribution in [2.45, 2.75) is 76.7 Å². The van der Waals surface area contributed by atoms with Crippen LogP contribution in [0.25, 0.3) is 0 Å². The molecule has 1 aliphatic heterocycles. The van der Waals surface area contributed by atoms with Gasteiger partial charge in [-0.15, -0.1) is 0 Å². The van der Waals surface area contributed by atoms with Crippen molar-refractivity contribution in [3.05, 3.63) is 0 Å². The molecule has 0 aromatic heterocycles. The van der Waals surface area contributed by atoms with E-state index in [1.54, 1.807) is 0 Å². The van der Waals surface area contributed by atoms with Gasteiger partial charge in [-0.3, -0.25) is 4.79 Å². The highest BCUT2D eigenvalue weighted by Crippen LogP contribution is 2.44.